The van der Waals surface area contributed by atoms with Crippen molar-refractivity contribution in [3.8, 4) is 0 Å². The van der Waals surface area contributed by atoms with Gasteiger partial charge in [-0.15, -0.1) is 0 Å². The SMILES string of the molecule is O=C(CNCS(=O)(=O)c1cc(Cl)ccc1Cl)NCc1cccnc1. The molecule has 0 aliphatic heterocycles. The monoisotopic (exact) mass is 387 g/mol. The molecule has 0 unspecified atom stereocenters. The van der Waals surface area contributed by atoms with E-state index in [2.05, 4.69) is 15.6 Å². The molecule has 0 spiro atoms. The number of nitrogens with zero attached hydrogens (tertiary/aromatic N) is 1. The van der Waals surface area contributed by atoms with Crippen molar-refractivity contribution in [2.45, 2.75) is 11.4 Å². The Hall–Kier alpha value is -1.67. The van der Waals surface area contributed by atoms with E-state index >= 15 is 0 Å². The van der Waals surface area contributed by atoms with Gasteiger partial charge in [0.1, 0.15) is 5.88 Å². The summed E-state index contributed by atoms with van der Waals surface area (Å²) in [4.78, 5) is 15.6. The first kappa shape index (κ1) is 18.7. The Morgan fingerprint density at radius 2 is 2.00 bits per heavy atom. The van der Waals surface area contributed by atoms with Crippen LogP contribution in [-0.4, -0.2) is 31.7 Å². The number of carbonyl (C=O) groups excluding carboxylic acids is 1. The maximum atomic E-state index is 12.2. The van der Waals surface area contributed by atoms with E-state index in [1.165, 1.54) is 18.2 Å². The Morgan fingerprint density at radius 3 is 2.71 bits per heavy atom. The number of sulfone groups is 1. The number of carbonyl (C=O) groups is 1. The quantitative estimate of drug-likeness (QED) is 0.758. The van der Waals surface area contributed by atoms with Crippen molar-refractivity contribution < 1.29 is 13.2 Å². The number of rotatable bonds is 7. The van der Waals surface area contributed by atoms with Crippen LogP contribution in [0.5, 0.6) is 0 Å². The highest BCUT2D eigenvalue weighted by molar-refractivity contribution is 7.91. The van der Waals surface area contributed by atoms with Crippen LogP contribution in [0.15, 0.2) is 47.6 Å². The minimum absolute atomic E-state index is 0.0695. The van der Waals surface area contributed by atoms with Crippen molar-refractivity contribution in [3.63, 3.8) is 0 Å². The number of hydrogen-bond donors (Lipinski definition) is 2. The molecule has 6 nitrogen and oxygen atoms in total. The van der Waals surface area contributed by atoms with E-state index in [-0.39, 0.29) is 27.4 Å². The smallest absolute Gasteiger partial charge is 0.234 e. The van der Waals surface area contributed by atoms with Gasteiger partial charge in [-0.05, 0) is 29.8 Å². The van der Waals surface area contributed by atoms with Crippen LogP contribution >= 0.6 is 23.2 Å². The molecule has 0 saturated heterocycles. The first-order chi connectivity index (χ1) is 11.4. The minimum Gasteiger partial charge on any atom is -0.351 e. The molecule has 9 heteroatoms. The van der Waals surface area contributed by atoms with Crippen LogP contribution in [0.1, 0.15) is 5.56 Å². The number of aromatic nitrogens is 1. The van der Waals surface area contributed by atoms with Gasteiger partial charge in [0, 0.05) is 24.0 Å². The van der Waals surface area contributed by atoms with Gasteiger partial charge < -0.3 is 5.32 Å². The third kappa shape index (κ3) is 5.45. The fourth-order valence-corrected chi connectivity index (χ4v) is 3.76. The van der Waals surface area contributed by atoms with E-state index in [0.29, 0.717) is 6.54 Å². The van der Waals surface area contributed by atoms with E-state index in [9.17, 15) is 13.2 Å². The highest BCUT2D eigenvalue weighted by Crippen LogP contribution is 2.25. The van der Waals surface area contributed by atoms with Gasteiger partial charge in [-0.3, -0.25) is 15.1 Å². The average Bonchev–Trinajstić information content (AvgIpc) is 2.56. The fraction of sp³-hybridized carbons (Fsp3) is 0.200. The Balaban J connectivity index is 1.84. The van der Waals surface area contributed by atoms with Gasteiger partial charge >= 0.3 is 0 Å². The minimum atomic E-state index is -3.69. The molecule has 1 aromatic heterocycles. The number of benzene rings is 1. The van der Waals surface area contributed by atoms with E-state index in [1.807, 2.05) is 6.07 Å². The average molecular weight is 388 g/mol. The molecule has 0 aliphatic carbocycles. The van der Waals surface area contributed by atoms with Crippen molar-refractivity contribution in [1.82, 2.24) is 15.6 Å². The van der Waals surface area contributed by atoms with Crippen molar-refractivity contribution in [3.05, 3.63) is 58.3 Å². The van der Waals surface area contributed by atoms with Crippen molar-refractivity contribution >= 4 is 38.9 Å². The largest absolute Gasteiger partial charge is 0.351 e. The summed E-state index contributed by atoms with van der Waals surface area (Å²) in [5, 5.41) is 5.61. The number of hydrogen-bond acceptors (Lipinski definition) is 5. The molecule has 2 N–H and O–H groups in total. The summed E-state index contributed by atoms with van der Waals surface area (Å²) in [5.41, 5.74) is 0.851. The fourth-order valence-electron chi connectivity index (χ4n) is 1.86. The van der Waals surface area contributed by atoms with Gasteiger partial charge in [0.05, 0.1) is 16.5 Å². The zero-order valence-corrected chi connectivity index (χ0v) is 14.8. The highest BCUT2D eigenvalue weighted by Gasteiger charge is 2.18. The lowest BCUT2D eigenvalue weighted by Crippen LogP contribution is -2.35. The maximum Gasteiger partial charge on any atom is 0.234 e. The lowest BCUT2D eigenvalue weighted by Gasteiger charge is -2.09. The van der Waals surface area contributed by atoms with E-state index in [0.717, 1.165) is 5.56 Å². The van der Waals surface area contributed by atoms with E-state index in [4.69, 9.17) is 23.2 Å². The second-order valence-corrected chi connectivity index (χ2v) is 7.70. The van der Waals surface area contributed by atoms with Crippen molar-refractivity contribution in [2.75, 3.05) is 12.4 Å². The van der Waals surface area contributed by atoms with Crippen LogP contribution in [0.25, 0.3) is 0 Å². The molecule has 24 heavy (non-hydrogen) atoms. The first-order valence-electron chi connectivity index (χ1n) is 6.92. The zero-order valence-electron chi connectivity index (χ0n) is 12.5. The predicted molar refractivity (Wildman–Crippen MR) is 92.6 cm³/mol. The summed E-state index contributed by atoms with van der Waals surface area (Å²) in [6, 6.07) is 7.79. The molecule has 0 atom stereocenters. The Kier molecular flexibility index (Phi) is 6.56. The molecule has 1 heterocycles. The van der Waals surface area contributed by atoms with Gasteiger partial charge in [-0.2, -0.15) is 0 Å². The summed E-state index contributed by atoms with van der Waals surface area (Å²) in [7, 11) is -3.69. The van der Waals surface area contributed by atoms with Gasteiger partial charge in [0.2, 0.25) is 5.91 Å². The van der Waals surface area contributed by atoms with Crippen LogP contribution in [0, 0.1) is 0 Å². The lowest BCUT2D eigenvalue weighted by molar-refractivity contribution is -0.120. The van der Waals surface area contributed by atoms with Crippen LogP contribution in [0.4, 0.5) is 0 Å². The molecule has 1 aromatic carbocycles. The first-order valence-corrected chi connectivity index (χ1v) is 9.33. The molecule has 2 rings (SSSR count). The van der Waals surface area contributed by atoms with Crippen molar-refractivity contribution in [1.29, 1.82) is 0 Å². The number of amides is 1. The van der Waals surface area contributed by atoms with E-state index < -0.39 is 15.7 Å². The number of halogens is 2. The van der Waals surface area contributed by atoms with E-state index in [1.54, 1.807) is 18.5 Å². The highest BCUT2D eigenvalue weighted by atomic mass is 35.5. The van der Waals surface area contributed by atoms with Gasteiger partial charge in [0.25, 0.3) is 0 Å². The number of pyridine rings is 1. The summed E-state index contributed by atoms with van der Waals surface area (Å²) >= 11 is 11.7. The normalized spacial score (nSPS) is 11.2. The molecule has 0 bridgehead atoms. The molecular weight excluding hydrogens is 373 g/mol. The Morgan fingerprint density at radius 1 is 1.21 bits per heavy atom. The third-order valence-electron chi connectivity index (χ3n) is 3.02. The van der Waals surface area contributed by atoms with Gasteiger partial charge in [0.15, 0.2) is 9.84 Å². The molecule has 0 aliphatic rings. The van der Waals surface area contributed by atoms with Crippen LogP contribution in [-0.2, 0) is 21.2 Å². The molecule has 1 amide bonds. The number of nitrogens with one attached hydrogen (secondary N) is 2. The maximum absolute atomic E-state index is 12.2. The molecule has 0 radical (unpaired) electrons. The third-order valence-corrected chi connectivity index (χ3v) is 5.29. The zero-order chi connectivity index (χ0) is 17.6. The summed E-state index contributed by atoms with van der Waals surface area (Å²) in [5.74, 6) is -0.751. The Labute approximate surface area is 150 Å². The van der Waals surface area contributed by atoms with Crippen LogP contribution < -0.4 is 10.6 Å². The topological polar surface area (TPSA) is 88.2 Å². The van der Waals surface area contributed by atoms with Crippen molar-refractivity contribution in [2.24, 2.45) is 0 Å². The molecule has 0 fully saturated rings. The van der Waals surface area contributed by atoms with Gasteiger partial charge in [-0.1, -0.05) is 29.3 Å². The Bertz CT molecular complexity index is 814. The second-order valence-electron chi connectivity index (χ2n) is 4.90. The predicted octanol–water partition coefficient (Wildman–Crippen LogP) is 2.03. The summed E-state index contributed by atoms with van der Waals surface area (Å²) in [6.45, 7) is 0.179. The molecule has 0 saturated carbocycles. The second kappa shape index (κ2) is 8.43. The van der Waals surface area contributed by atoms with Crippen LogP contribution in [0.2, 0.25) is 10.0 Å². The molecular formula is C15H15Cl2N3O3S. The lowest BCUT2D eigenvalue weighted by atomic mass is 10.3. The standard InChI is InChI=1S/C15H15Cl2N3O3S/c16-12-3-4-13(17)14(6-12)24(22,23)10-19-9-15(21)20-8-11-2-1-5-18-7-11/h1-7,19H,8-10H2,(H,20,21). The van der Waals surface area contributed by atoms with Crippen LogP contribution in [0.3, 0.4) is 0 Å². The summed E-state index contributed by atoms with van der Waals surface area (Å²) in [6.07, 6.45) is 3.28. The molecule has 2 aromatic rings. The summed E-state index contributed by atoms with van der Waals surface area (Å²) < 4.78 is 24.4. The van der Waals surface area contributed by atoms with Gasteiger partial charge in [-0.25, -0.2) is 8.42 Å². The molecule has 128 valence electrons.